The van der Waals surface area contributed by atoms with E-state index in [9.17, 15) is 4.57 Å². The largest absolute Gasteiger partial charge is 0.327 e. The summed E-state index contributed by atoms with van der Waals surface area (Å²) in [7, 11) is -1.15. The molecule has 0 spiro atoms. The predicted molar refractivity (Wildman–Crippen MR) is 43.9 cm³/mol. The highest BCUT2D eigenvalue weighted by molar-refractivity contribution is 7.44. The summed E-state index contributed by atoms with van der Waals surface area (Å²) < 4.78 is 11.0. The van der Waals surface area contributed by atoms with Gasteiger partial charge in [0.25, 0.3) is 0 Å². The molecular formula is C7H17OP. The van der Waals surface area contributed by atoms with Crippen LogP contribution >= 0.6 is 7.80 Å². The normalized spacial score (nSPS) is 13.6. The summed E-state index contributed by atoms with van der Waals surface area (Å²) in [4.78, 5) is 0. The first kappa shape index (κ1) is 9.23. The predicted octanol–water partition coefficient (Wildman–Crippen LogP) is 2.76. The van der Waals surface area contributed by atoms with Crippen LogP contribution in [0, 0.1) is 0 Å². The minimum Gasteiger partial charge on any atom is -0.327 e. The van der Waals surface area contributed by atoms with E-state index in [0.717, 1.165) is 25.2 Å². The second-order valence-corrected chi connectivity index (χ2v) is 4.47. The van der Waals surface area contributed by atoms with Crippen molar-refractivity contribution >= 4 is 7.80 Å². The lowest BCUT2D eigenvalue weighted by Crippen LogP contribution is -1.80. The van der Waals surface area contributed by atoms with E-state index in [1.54, 1.807) is 0 Å². The average Bonchev–Trinajstić information content (AvgIpc) is 1.85. The van der Waals surface area contributed by atoms with Crippen molar-refractivity contribution in [2.75, 3.05) is 12.3 Å². The van der Waals surface area contributed by atoms with Gasteiger partial charge in [0, 0.05) is 0 Å². The monoisotopic (exact) mass is 148 g/mol. The Bertz CT molecular complexity index is 81.0. The molecule has 0 saturated carbocycles. The van der Waals surface area contributed by atoms with E-state index in [1.807, 2.05) is 0 Å². The van der Waals surface area contributed by atoms with Gasteiger partial charge in [0.15, 0.2) is 0 Å². The standard InChI is InChI=1S/C7H17OP/c1-3-5-7-9(8)6-4-2/h9H,3-7H2,1-2H3. The molecule has 1 unspecified atom stereocenters. The summed E-state index contributed by atoms with van der Waals surface area (Å²) in [6.07, 6.45) is 5.36. The van der Waals surface area contributed by atoms with Gasteiger partial charge in [-0.3, -0.25) is 0 Å². The van der Waals surface area contributed by atoms with Crippen LogP contribution < -0.4 is 0 Å². The van der Waals surface area contributed by atoms with Crippen molar-refractivity contribution in [2.24, 2.45) is 0 Å². The number of rotatable bonds is 5. The fourth-order valence-electron chi connectivity index (χ4n) is 0.778. The van der Waals surface area contributed by atoms with Crippen molar-refractivity contribution in [3.8, 4) is 0 Å². The summed E-state index contributed by atoms with van der Waals surface area (Å²) in [6.45, 7) is 4.23. The number of hydrogen-bond donors (Lipinski definition) is 0. The molecule has 0 saturated heterocycles. The van der Waals surface area contributed by atoms with Crippen molar-refractivity contribution in [1.29, 1.82) is 0 Å². The molecule has 2 heteroatoms. The van der Waals surface area contributed by atoms with Crippen LogP contribution in [-0.4, -0.2) is 12.3 Å². The smallest absolute Gasteiger partial charge is 0.0762 e. The van der Waals surface area contributed by atoms with Crippen LogP contribution in [0.15, 0.2) is 0 Å². The molecule has 0 N–H and O–H groups in total. The minimum atomic E-state index is -1.15. The van der Waals surface area contributed by atoms with E-state index in [4.69, 9.17) is 0 Å². The third kappa shape index (κ3) is 6.11. The van der Waals surface area contributed by atoms with E-state index in [-0.39, 0.29) is 0 Å². The molecule has 0 aliphatic carbocycles. The SMILES string of the molecule is CCCC[PH](=O)CCC. The number of hydrogen-bond acceptors (Lipinski definition) is 1. The van der Waals surface area contributed by atoms with E-state index in [1.165, 1.54) is 6.42 Å². The molecule has 0 aliphatic heterocycles. The Labute approximate surface area is 58.6 Å². The fourth-order valence-corrected chi connectivity index (χ4v) is 2.33. The third-order valence-corrected chi connectivity index (χ3v) is 3.31. The second kappa shape index (κ2) is 6.35. The van der Waals surface area contributed by atoms with Gasteiger partial charge < -0.3 is 4.57 Å². The topological polar surface area (TPSA) is 17.1 Å². The van der Waals surface area contributed by atoms with E-state index in [2.05, 4.69) is 13.8 Å². The van der Waals surface area contributed by atoms with Crippen molar-refractivity contribution < 1.29 is 4.57 Å². The van der Waals surface area contributed by atoms with Gasteiger partial charge in [-0.05, 0) is 25.2 Å². The molecule has 0 aromatic heterocycles. The first-order valence-electron chi connectivity index (χ1n) is 3.83. The molecule has 0 heterocycles. The van der Waals surface area contributed by atoms with Crippen LogP contribution in [0.4, 0.5) is 0 Å². The van der Waals surface area contributed by atoms with Gasteiger partial charge >= 0.3 is 0 Å². The van der Waals surface area contributed by atoms with Gasteiger partial charge in [-0.25, -0.2) is 0 Å². The van der Waals surface area contributed by atoms with Gasteiger partial charge in [0.05, 0.1) is 7.80 Å². The van der Waals surface area contributed by atoms with Crippen LogP contribution in [0.5, 0.6) is 0 Å². The lowest BCUT2D eigenvalue weighted by Gasteiger charge is -1.95. The molecule has 0 aromatic carbocycles. The molecule has 0 aliphatic rings. The lowest BCUT2D eigenvalue weighted by atomic mass is 10.4. The molecule has 0 amide bonds. The molecule has 0 aromatic rings. The molecule has 9 heavy (non-hydrogen) atoms. The molecule has 1 atom stereocenters. The van der Waals surface area contributed by atoms with Crippen molar-refractivity contribution in [3.05, 3.63) is 0 Å². The highest BCUT2D eigenvalue weighted by Gasteiger charge is 1.94. The summed E-state index contributed by atoms with van der Waals surface area (Å²) in [5.74, 6) is 0. The number of unbranched alkanes of at least 4 members (excludes halogenated alkanes) is 1. The molecular weight excluding hydrogens is 131 g/mol. The van der Waals surface area contributed by atoms with Gasteiger partial charge in [0.1, 0.15) is 0 Å². The Balaban J connectivity index is 3.06. The first-order chi connectivity index (χ1) is 4.31. The summed E-state index contributed by atoms with van der Waals surface area (Å²) >= 11 is 0. The quantitative estimate of drug-likeness (QED) is 0.548. The van der Waals surface area contributed by atoms with Gasteiger partial charge in [-0.1, -0.05) is 20.3 Å². The highest BCUT2D eigenvalue weighted by Crippen LogP contribution is 2.22. The molecule has 0 radical (unpaired) electrons. The van der Waals surface area contributed by atoms with Crippen molar-refractivity contribution in [2.45, 2.75) is 33.1 Å². The summed E-state index contributed by atoms with van der Waals surface area (Å²) in [6, 6.07) is 0. The zero-order valence-corrected chi connectivity index (χ0v) is 7.44. The summed E-state index contributed by atoms with van der Waals surface area (Å²) in [5.41, 5.74) is 0. The van der Waals surface area contributed by atoms with Crippen LogP contribution in [-0.2, 0) is 4.57 Å². The van der Waals surface area contributed by atoms with Crippen LogP contribution in [0.3, 0.4) is 0 Å². The molecule has 0 rings (SSSR count). The maximum absolute atomic E-state index is 11.0. The summed E-state index contributed by atoms with van der Waals surface area (Å²) in [5, 5.41) is 0. The second-order valence-electron chi connectivity index (χ2n) is 2.39. The maximum Gasteiger partial charge on any atom is 0.0762 e. The maximum atomic E-state index is 11.0. The fraction of sp³-hybridized carbons (Fsp3) is 1.00. The van der Waals surface area contributed by atoms with Crippen LogP contribution in [0.1, 0.15) is 33.1 Å². The van der Waals surface area contributed by atoms with Crippen LogP contribution in [0.2, 0.25) is 0 Å². The van der Waals surface area contributed by atoms with Gasteiger partial charge in [-0.15, -0.1) is 0 Å². The van der Waals surface area contributed by atoms with Gasteiger partial charge in [0.2, 0.25) is 0 Å². The Kier molecular flexibility index (Phi) is 6.51. The zero-order valence-electron chi connectivity index (χ0n) is 6.44. The Morgan fingerprint density at radius 1 is 1.11 bits per heavy atom. The van der Waals surface area contributed by atoms with Crippen LogP contribution in [0.25, 0.3) is 0 Å². The van der Waals surface area contributed by atoms with E-state index >= 15 is 0 Å². The molecule has 56 valence electrons. The van der Waals surface area contributed by atoms with Gasteiger partial charge in [-0.2, -0.15) is 0 Å². The minimum absolute atomic E-state index is 0.963. The lowest BCUT2D eigenvalue weighted by molar-refractivity contribution is 0.585. The Morgan fingerprint density at radius 3 is 2.22 bits per heavy atom. The highest BCUT2D eigenvalue weighted by atomic mass is 31.1. The molecule has 0 bridgehead atoms. The van der Waals surface area contributed by atoms with E-state index < -0.39 is 7.80 Å². The Morgan fingerprint density at radius 2 is 1.78 bits per heavy atom. The zero-order chi connectivity index (χ0) is 7.11. The van der Waals surface area contributed by atoms with Crippen molar-refractivity contribution in [1.82, 2.24) is 0 Å². The first-order valence-corrected chi connectivity index (χ1v) is 5.65. The molecule has 0 fully saturated rings. The van der Waals surface area contributed by atoms with Crippen molar-refractivity contribution in [3.63, 3.8) is 0 Å². The average molecular weight is 148 g/mol. The molecule has 1 nitrogen and oxygen atoms in total. The van der Waals surface area contributed by atoms with E-state index in [0.29, 0.717) is 0 Å². The third-order valence-electron chi connectivity index (χ3n) is 1.34. The Hall–Kier alpha value is 0.230.